The lowest BCUT2D eigenvalue weighted by atomic mass is 9.95. The molecule has 4 nitrogen and oxygen atoms in total. The number of fused-ring (bicyclic) bond motifs is 5. The fraction of sp³-hybridized carbons (Fsp3) is 0.400. The van der Waals surface area contributed by atoms with E-state index in [1.807, 2.05) is 29.5 Å². The first kappa shape index (κ1) is 19.4. The number of carbonyl (C=O) groups is 1. The third kappa shape index (κ3) is 3.16. The molecule has 1 aliphatic heterocycles. The predicted octanol–water partition coefficient (Wildman–Crippen LogP) is 6.48. The van der Waals surface area contributed by atoms with Crippen molar-refractivity contribution in [2.75, 3.05) is 5.32 Å². The Labute approximate surface area is 182 Å². The number of hydrogen-bond acceptors (Lipinski definition) is 2. The largest absolute Gasteiger partial charge is 0.322 e. The molecule has 2 aromatic heterocycles. The summed E-state index contributed by atoms with van der Waals surface area (Å²) < 4.78 is 2.35. The van der Waals surface area contributed by atoms with Gasteiger partial charge in [0.15, 0.2) is 0 Å². The lowest BCUT2D eigenvalue weighted by molar-refractivity contribution is 0.181. The summed E-state index contributed by atoms with van der Waals surface area (Å²) in [6.07, 6.45) is 8.82. The summed E-state index contributed by atoms with van der Waals surface area (Å²) in [7, 11) is 0. The topological polar surface area (TPSA) is 37.3 Å². The summed E-state index contributed by atoms with van der Waals surface area (Å²) in [4.78, 5) is 17.2. The van der Waals surface area contributed by atoms with Gasteiger partial charge < -0.3 is 14.8 Å². The van der Waals surface area contributed by atoms with Gasteiger partial charge in [0, 0.05) is 28.0 Å². The molecule has 1 unspecified atom stereocenters. The molecule has 3 heterocycles. The van der Waals surface area contributed by atoms with Crippen molar-refractivity contribution in [3.8, 4) is 5.00 Å². The quantitative estimate of drug-likeness (QED) is 0.518. The second-order valence-electron chi connectivity index (χ2n) is 8.29. The minimum atomic E-state index is -0.000825. The number of anilines is 1. The standard InChI is InChI=1S/C25H29N3OS/c1-3-17-10-5-7-12-20(17)26-25(29)28-16-19-18-11-6-8-14-23(18)30-24(19)27-15-9-13-22(27)21(28)4-2/h5,7,9-10,12-13,15,21H,3-4,6,8,11,14,16H2,1-2H3,(H,26,29). The molecule has 1 aliphatic carbocycles. The van der Waals surface area contributed by atoms with Crippen molar-refractivity contribution in [1.82, 2.24) is 9.47 Å². The van der Waals surface area contributed by atoms with Gasteiger partial charge in [-0.2, -0.15) is 0 Å². The van der Waals surface area contributed by atoms with Gasteiger partial charge >= 0.3 is 6.03 Å². The van der Waals surface area contributed by atoms with Crippen molar-refractivity contribution in [2.45, 2.75) is 65.0 Å². The zero-order valence-electron chi connectivity index (χ0n) is 17.8. The van der Waals surface area contributed by atoms with Crippen LogP contribution in [-0.2, 0) is 25.8 Å². The maximum absolute atomic E-state index is 13.6. The van der Waals surface area contributed by atoms with Gasteiger partial charge in [0.25, 0.3) is 0 Å². The highest BCUT2D eigenvalue weighted by atomic mass is 32.1. The summed E-state index contributed by atoms with van der Waals surface area (Å²) in [5.41, 5.74) is 6.18. The Bertz CT molecular complexity index is 1080. The van der Waals surface area contributed by atoms with Crippen LogP contribution >= 0.6 is 11.3 Å². The molecule has 5 heteroatoms. The lowest BCUT2D eigenvalue weighted by Crippen LogP contribution is -2.37. The number of aromatic nitrogens is 1. The average Bonchev–Trinajstić information content (AvgIpc) is 3.36. The van der Waals surface area contributed by atoms with E-state index >= 15 is 0 Å². The van der Waals surface area contributed by atoms with Crippen LogP contribution in [0, 0.1) is 0 Å². The van der Waals surface area contributed by atoms with E-state index in [2.05, 4.69) is 53.0 Å². The number of rotatable bonds is 3. The lowest BCUT2D eigenvalue weighted by Gasteiger charge is -2.30. The molecule has 0 radical (unpaired) electrons. The van der Waals surface area contributed by atoms with Gasteiger partial charge in [-0.05, 0) is 67.9 Å². The number of para-hydroxylation sites is 1. The molecule has 30 heavy (non-hydrogen) atoms. The Morgan fingerprint density at radius 1 is 1.10 bits per heavy atom. The zero-order chi connectivity index (χ0) is 20.7. The van der Waals surface area contributed by atoms with Crippen molar-refractivity contribution in [2.24, 2.45) is 0 Å². The molecule has 1 aromatic carbocycles. The van der Waals surface area contributed by atoms with Crippen molar-refractivity contribution in [3.63, 3.8) is 0 Å². The molecular formula is C25H29N3OS. The number of aryl methyl sites for hydroxylation is 2. The van der Waals surface area contributed by atoms with Gasteiger partial charge in [-0.15, -0.1) is 11.3 Å². The molecule has 2 amide bonds. The van der Waals surface area contributed by atoms with Crippen molar-refractivity contribution < 1.29 is 4.79 Å². The third-order valence-electron chi connectivity index (χ3n) is 6.59. The number of urea groups is 1. The van der Waals surface area contributed by atoms with E-state index < -0.39 is 0 Å². The summed E-state index contributed by atoms with van der Waals surface area (Å²) >= 11 is 1.94. The van der Waals surface area contributed by atoms with Crippen LogP contribution in [0.3, 0.4) is 0 Å². The summed E-state index contributed by atoms with van der Waals surface area (Å²) in [6, 6.07) is 12.5. The maximum Gasteiger partial charge on any atom is 0.322 e. The molecule has 2 aliphatic rings. The Kier molecular flexibility index (Phi) is 5.15. The molecule has 1 N–H and O–H groups in total. The van der Waals surface area contributed by atoms with Gasteiger partial charge in [-0.3, -0.25) is 0 Å². The molecule has 5 rings (SSSR count). The van der Waals surface area contributed by atoms with Crippen LogP contribution in [0.2, 0.25) is 0 Å². The summed E-state index contributed by atoms with van der Waals surface area (Å²) in [5.74, 6) is 0. The van der Waals surface area contributed by atoms with Crippen LogP contribution < -0.4 is 5.32 Å². The Morgan fingerprint density at radius 3 is 2.77 bits per heavy atom. The Morgan fingerprint density at radius 2 is 1.93 bits per heavy atom. The number of thiophene rings is 1. The first-order valence-corrected chi connectivity index (χ1v) is 12.0. The van der Waals surface area contributed by atoms with Gasteiger partial charge in [0.05, 0.1) is 12.6 Å². The van der Waals surface area contributed by atoms with Crippen molar-refractivity contribution in [3.05, 3.63) is 69.9 Å². The number of amides is 2. The molecule has 156 valence electrons. The smallest absolute Gasteiger partial charge is 0.312 e. The van der Waals surface area contributed by atoms with Crippen LogP contribution in [0.25, 0.3) is 5.00 Å². The fourth-order valence-corrected chi connectivity index (χ4v) is 6.45. The number of hydrogen-bond donors (Lipinski definition) is 1. The minimum absolute atomic E-state index is 0.000825. The summed E-state index contributed by atoms with van der Waals surface area (Å²) in [5, 5.41) is 4.55. The van der Waals surface area contributed by atoms with E-state index in [9.17, 15) is 4.79 Å². The fourth-order valence-electron chi connectivity index (χ4n) is 5.05. The zero-order valence-corrected chi connectivity index (χ0v) is 18.6. The molecule has 0 saturated heterocycles. The number of benzene rings is 1. The molecular weight excluding hydrogens is 390 g/mol. The molecule has 0 fully saturated rings. The minimum Gasteiger partial charge on any atom is -0.312 e. The highest BCUT2D eigenvalue weighted by Crippen LogP contribution is 2.43. The molecule has 3 aromatic rings. The van der Waals surface area contributed by atoms with E-state index in [0.29, 0.717) is 6.54 Å². The first-order valence-electron chi connectivity index (χ1n) is 11.2. The van der Waals surface area contributed by atoms with Crippen molar-refractivity contribution in [1.29, 1.82) is 0 Å². The highest BCUT2D eigenvalue weighted by Gasteiger charge is 2.34. The summed E-state index contributed by atoms with van der Waals surface area (Å²) in [6.45, 7) is 4.99. The van der Waals surface area contributed by atoms with Crippen LogP contribution in [-0.4, -0.2) is 15.5 Å². The second kappa shape index (κ2) is 7.95. The van der Waals surface area contributed by atoms with E-state index in [4.69, 9.17) is 0 Å². The van der Waals surface area contributed by atoms with Crippen LogP contribution in [0.1, 0.15) is 66.4 Å². The van der Waals surface area contributed by atoms with E-state index in [1.165, 1.54) is 51.5 Å². The highest BCUT2D eigenvalue weighted by molar-refractivity contribution is 7.15. The predicted molar refractivity (Wildman–Crippen MR) is 124 cm³/mol. The van der Waals surface area contributed by atoms with Crippen LogP contribution in [0.4, 0.5) is 10.5 Å². The Balaban J connectivity index is 1.57. The van der Waals surface area contributed by atoms with Gasteiger partial charge in [-0.25, -0.2) is 4.79 Å². The second-order valence-corrected chi connectivity index (χ2v) is 9.37. The molecule has 1 atom stereocenters. The van der Waals surface area contributed by atoms with Gasteiger partial charge in [0.2, 0.25) is 0 Å². The normalized spacial score (nSPS) is 17.7. The number of carbonyl (C=O) groups excluding carboxylic acids is 1. The van der Waals surface area contributed by atoms with E-state index in [1.54, 1.807) is 0 Å². The van der Waals surface area contributed by atoms with Gasteiger partial charge in [0.1, 0.15) is 5.00 Å². The monoisotopic (exact) mass is 419 g/mol. The SMILES string of the molecule is CCc1ccccc1NC(=O)N1Cc2c(sc3c2CCCC3)-n2cccc2C1CC. The molecule has 0 saturated carbocycles. The maximum atomic E-state index is 13.6. The average molecular weight is 420 g/mol. The van der Waals surface area contributed by atoms with Crippen molar-refractivity contribution >= 4 is 23.1 Å². The van der Waals surface area contributed by atoms with Gasteiger partial charge in [-0.1, -0.05) is 32.0 Å². The Hall–Kier alpha value is -2.53. The van der Waals surface area contributed by atoms with Crippen LogP contribution in [0.5, 0.6) is 0 Å². The van der Waals surface area contributed by atoms with Crippen LogP contribution in [0.15, 0.2) is 42.6 Å². The van der Waals surface area contributed by atoms with E-state index in [0.717, 1.165) is 24.9 Å². The third-order valence-corrected chi connectivity index (χ3v) is 7.93. The van der Waals surface area contributed by atoms with E-state index in [-0.39, 0.29) is 12.1 Å². The first-order chi connectivity index (χ1) is 14.7. The molecule has 0 spiro atoms. The molecule has 0 bridgehead atoms. The number of nitrogens with one attached hydrogen (secondary N) is 1. The number of nitrogens with zero attached hydrogens (tertiary/aromatic N) is 2.